The first kappa shape index (κ1) is 17.8. The lowest BCUT2D eigenvalue weighted by atomic mass is 10.0. The third-order valence-corrected chi connectivity index (χ3v) is 4.21. The number of carbonyl (C=O) groups is 2. The Balaban J connectivity index is 1.62. The Kier molecular flexibility index (Phi) is 6.86. The van der Waals surface area contributed by atoms with Crippen molar-refractivity contribution in [2.45, 2.75) is 44.7 Å². The van der Waals surface area contributed by atoms with Gasteiger partial charge in [-0.3, -0.25) is 9.59 Å². The van der Waals surface area contributed by atoms with Crippen LogP contribution in [0.5, 0.6) is 0 Å². The number of piperidine rings is 1. The maximum absolute atomic E-state index is 11.9. The quantitative estimate of drug-likeness (QED) is 0.696. The average Bonchev–Trinajstić information content (AvgIpc) is 2.52. The summed E-state index contributed by atoms with van der Waals surface area (Å²) in [5.41, 5.74) is 0.572. The minimum absolute atomic E-state index is 0.0600. The van der Waals surface area contributed by atoms with Crippen molar-refractivity contribution >= 4 is 23.4 Å². The summed E-state index contributed by atoms with van der Waals surface area (Å²) in [5.74, 6) is -0.0842. The average molecular weight is 338 g/mol. The van der Waals surface area contributed by atoms with Crippen LogP contribution in [0.25, 0.3) is 0 Å². The van der Waals surface area contributed by atoms with Crippen LogP contribution >= 0.6 is 11.6 Å². The standard InChI is InChI=1S/C17H24ClN3O2/c1-12-11-15(8-10-19-12)21-16(22)3-2-9-20-17(23)13-4-6-14(18)7-5-13/h4-7,12,15,19H,2-3,8-11H2,1H3,(H,20,23)(H,21,22). The SMILES string of the molecule is CC1CC(NC(=O)CCCNC(=O)c2ccc(Cl)cc2)CCN1. The van der Waals surface area contributed by atoms with Crippen LogP contribution in [0.15, 0.2) is 24.3 Å². The first-order valence-electron chi connectivity index (χ1n) is 8.11. The fourth-order valence-electron chi connectivity index (χ4n) is 2.72. The first-order chi connectivity index (χ1) is 11.0. The highest BCUT2D eigenvalue weighted by Gasteiger charge is 2.19. The molecule has 1 saturated heterocycles. The largest absolute Gasteiger partial charge is 0.353 e. The van der Waals surface area contributed by atoms with Crippen molar-refractivity contribution in [1.82, 2.24) is 16.0 Å². The molecule has 0 spiro atoms. The Morgan fingerprint density at radius 2 is 2.04 bits per heavy atom. The number of nitrogens with one attached hydrogen (secondary N) is 3. The molecule has 5 nitrogen and oxygen atoms in total. The Morgan fingerprint density at radius 3 is 2.74 bits per heavy atom. The normalized spacial score (nSPS) is 20.8. The van der Waals surface area contributed by atoms with Gasteiger partial charge in [-0.2, -0.15) is 0 Å². The van der Waals surface area contributed by atoms with Gasteiger partial charge in [0.15, 0.2) is 0 Å². The zero-order chi connectivity index (χ0) is 16.7. The maximum Gasteiger partial charge on any atom is 0.251 e. The summed E-state index contributed by atoms with van der Waals surface area (Å²) >= 11 is 5.79. The predicted octanol–water partition coefficient (Wildman–Crippen LogP) is 2.11. The molecule has 0 radical (unpaired) electrons. The van der Waals surface area contributed by atoms with E-state index in [2.05, 4.69) is 22.9 Å². The molecule has 2 rings (SSSR count). The molecule has 1 aromatic carbocycles. The number of rotatable bonds is 6. The van der Waals surface area contributed by atoms with Gasteiger partial charge >= 0.3 is 0 Å². The molecule has 2 unspecified atom stereocenters. The lowest BCUT2D eigenvalue weighted by molar-refractivity contribution is -0.122. The zero-order valence-corrected chi connectivity index (χ0v) is 14.2. The van der Waals surface area contributed by atoms with Gasteiger partial charge in [-0.1, -0.05) is 11.6 Å². The fourth-order valence-corrected chi connectivity index (χ4v) is 2.84. The van der Waals surface area contributed by atoms with Gasteiger partial charge in [0.05, 0.1) is 0 Å². The summed E-state index contributed by atoms with van der Waals surface area (Å²) in [6.45, 7) is 3.56. The molecule has 0 aliphatic carbocycles. The lowest BCUT2D eigenvalue weighted by Gasteiger charge is -2.28. The molecule has 2 atom stereocenters. The van der Waals surface area contributed by atoms with E-state index < -0.39 is 0 Å². The maximum atomic E-state index is 11.9. The van der Waals surface area contributed by atoms with Crippen molar-refractivity contribution in [3.63, 3.8) is 0 Å². The molecule has 3 N–H and O–H groups in total. The van der Waals surface area contributed by atoms with Gasteiger partial charge in [0.1, 0.15) is 0 Å². The second-order valence-corrected chi connectivity index (χ2v) is 6.45. The summed E-state index contributed by atoms with van der Waals surface area (Å²) in [4.78, 5) is 23.8. The van der Waals surface area contributed by atoms with Crippen LogP contribution in [-0.2, 0) is 4.79 Å². The van der Waals surface area contributed by atoms with Crippen LogP contribution in [0.1, 0.15) is 43.0 Å². The molecule has 0 bridgehead atoms. The van der Waals surface area contributed by atoms with Crippen LogP contribution in [0.4, 0.5) is 0 Å². The van der Waals surface area contributed by atoms with Gasteiger partial charge in [0.2, 0.25) is 5.91 Å². The summed E-state index contributed by atoms with van der Waals surface area (Å²) in [5, 5.41) is 9.85. The van der Waals surface area contributed by atoms with Crippen molar-refractivity contribution in [3.05, 3.63) is 34.9 Å². The third-order valence-electron chi connectivity index (χ3n) is 3.96. The summed E-state index contributed by atoms with van der Waals surface area (Å²) < 4.78 is 0. The number of benzene rings is 1. The van der Waals surface area contributed by atoms with E-state index in [0.717, 1.165) is 19.4 Å². The Hall–Kier alpha value is -1.59. The molecular weight excluding hydrogens is 314 g/mol. The van der Waals surface area contributed by atoms with Gasteiger partial charge < -0.3 is 16.0 Å². The molecule has 0 aromatic heterocycles. The third kappa shape index (κ3) is 6.20. The monoisotopic (exact) mass is 337 g/mol. The highest BCUT2D eigenvalue weighted by atomic mass is 35.5. The van der Waals surface area contributed by atoms with E-state index in [1.807, 2.05) is 0 Å². The number of hydrogen-bond acceptors (Lipinski definition) is 3. The molecule has 1 aliphatic rings. The van der Waals surface area contributed by atoms with Gasteiger partial charge in [-0.05, 0) is 57.0 Å². The zero-order valence-electron chi connectivity index (χ0n) is 13.4. The summed E-state index contributed by atoms with van der Waals surface area (Å²) in [6.07, 6.45) is 3.01. The smallest absolute Gasteiger partial charge is 0.251 e. The van der Waals surface area contributed by atoms with E-state index in [4.69, 9.17) is 11.6 Å². The molecule has 0 saturated carbocycles. The summed E-state index contributed by atoms with van der Waals surface area (Å²) in [6, 6.07) is 7.45. The molecule has 6 heteroatoms. The molecule has 23 heavy (non-hydrogen) atoms. The van der Waals surface area contributed by atoms with E-state index in [-0.39, 0.29) is 17.9 Å². The molecule has 2 amide bonds. The van der Waals surface area contributed by atoms with Crippen LogP contribution in [0.3, 0.4) is 0 Å². The van der Waals surface area contributed by atoms with Crippen molar-refractivity contribution in [2.24, 2.45) is 0 Å². The molecule has 1 aromatic rings. The Labute approximate surface area is 142 Å². The van der Waals surface area contributed by atoms with Crippen LogP contribution < -0.4 is 16.0 Å². The molecular formula is C17H24ClN3O2. The van der Waals surface area contributed by atoms with Crippen LogP contribution in [-0.4, -0.2) is 37.0 Å². The second-order valence-electron chi connectivity index (χ2n) is 6.01. The highest BCUT2D eigenvalue weighted by molar-refractivity contribution is 6.30. The van der Waals surface area contributed by atoms with Gasteiger partial charge in [0, 0.05) is 35.6 Å². The van der Waals surface area contributed by atoms with Crippen molar-refractivity contribution in [1.29, 1.82) is 0 Å². The van der Waals surface area contributed by atoms with Gasteiger partial charge in [-0.15, -0.1) is 0 Å². The van der Waals surface area contributed by atoms with Crippen molar-refractivity contribution in [2.75, 3.05) is 13.1 Å². The fraction of sp³-hybridized carbons (Fsp3) is 0.529. The molecule has 126 valence electrons. The van der Waals surface area contributed by atoms with Gasteiger partial charge in [0.25, 0.3) is 5.91 Å². The minimum Gasteiger partial charge on any atom is -0.353 e. The van der Waals surface area contributed by atoms with E-state index in [0.29, 0.717) is 36.0 Å². The second kappa shape index (κ2) is 8.89. The van der Waals surface area contributed by atoms with E-state index in [1.165, 1.54) is 0 Å². The van der Waals surface area contributed by atoms with Crippen LogP contribution in [0, 0.1) is 0 Å². The van der Waals surface area contributed by atoms with E-state index in [9.17, 15) is 9.59 Å². The topological polar surface area (TPSA) is 70.2 Å². The lowest BCUT2D eigenvalue weighted by Crippen LogP contribution is -2.46. The molecule has 1 fully saturated rings. The predicted molar refractivity (Wildman–Crippen MR) is 91.6 cm³/mol. The highest BCUT2D eigenvalue weighted by Crippen LogP contribution is 2.10. The van der Waals surface area contributed by atoms with Crippen molar-refractivity contribution < 1.29 is 9.59 Å². The Morgan fingerprint density at radius 1 is 1.30 bits per heavy atom. The van der Waals surface area contributed by atoms with Crippen LogP contribution in [0.2, 0.25) is 5.02 Å². The number of hydrogen-bond donors (Lipinski definition) is 3. The first-order valence-corrected chi connectivity index (χ1v) is 8.49. The van der Waals surface area contributed by atoms with E-state index >= 15 is 0 Å². The van der Waals surface area contributed by atoms with Gasteiger partial charge in [-0.25, -0.2) is 0 Å². The number of halogens is 1. The number of carbonyl (C=O) groups excluding carboxylic acids is 2. The van der Waals surface area contributed by atoms with E-state index in [1.54, 1.807) is 24.3 Å². The molecule has 1 heterocycles. The summed E-state index contributed by atoms with van der Waals surface area (Å²) in [7, 11) is 0. The number of amides is 2. The van der Waals surface area contributed by atoms with Crippen molar-refractivity contribution in [3.8, 4) is 0 Å². The molecule has 1 aliphatic heterocycles. The Bertz CT molecular complexity index is 533. The minimum atomic E-state index is -0.144.